The molecule has 2 aromatic carbocycles. The SMILES string of the molecule is NC(c1cc(F)c(Cl)cc1F)C(N)c1cc(F)c(Cl)cc1F. The third kappa shape index (κ3) is 3.20. The van der Waals surface area contributed by atoms with E-state index in [4.69, 9.17) is 34.7 Å². The number of hydrogen-bond donors (Lipinski definition) is 2. The molecule has 0 fully saturated rings. The summed E-state index contributed by atoms with van der Waals surface area (Å²) in [6, 6.07) is 0.372. The molecular weight excluding hydrogens is 343 g/mol. The van der Waals surface area contributed by atoms with Crippen molar-refractivity contribution < 1.29 is 17.6 Å². The van der Waals surface area contributed by atoms with Crippen LogP contribution in [0.25, 0.3) is 0 Å². The van der Waals surface area contributed by atoms with Crippen molar-refractivity contribution in [1.29, 1.82) is 0 Å². The fourth-order valence-corrected chi connectivity index (χ4v) is 2.27. The standard InChI is InChI=1S/C14H10Cl2F4N2/c15-7-3-9(17)5(1-11(7)19)13(21)14(22)6-2-12(20)8(16)4-10(6)18/h1-4,13-14H,21-22H2. The molecule has 2 aromatic rings. The van der Waals surface area contributed by atoms with E-state index >= 15 is 0 Å². The van der Waals surface area contributed by atoms with Crippen LogP contribution in [0.4, 0.5) is 17.6 Å². The number of halogens is 6. The summed E-state index contributed by atoms with van der Waals surface area (Å²) in [6.07, 6.45) is 0. The minimum atomic E-state index is -1.32. The highest BCUT2D eigenvalue weighted by atomic mass is 35.5. The summed E-state index contributed by atoms with van der Waals surface area (Å²) in [5.41, 5.74) is 10.9. The van der Waals surface area contributed by atoms with Crippen molar-refractivity contribution in [3.63, 3.8) is 0 Å². The van der Waals surface area contributed by atoms with Gasteiger partial charge < -0.3 is 11.5 Å². The van der Waals surface area contributed by atoms with Crippen LogP contribution in [0.2, 0.25) is 10.0 Å². The molecule has 0 saturated heterocycles. The molecule has 2 rings (SSSR count). The second-order valence-electron chi connectivity index (χ2n) is 4.63. The highest BCUT2D eigenvalue weighted by Gasteiger charge is 2.25. The Hall–Kier alpha value is -1.34. The van der Waals surface area contributed by atoms with Crippen LogP contribution in [0.3, 0.4) is 0 Å². The zero-order valence-corrected chi connectivity index (χ0v) is 12.4. The number of nitrogens with two attached hydrogens (primary N) is 2. The molecule has 0 bridgehead atoms. The molecule has 4 N–H and O–H groups in total. The molecule has 8 heteroatoms. The highest BCUT2D eigenvalue weighted by Crippen LogP contribution is 2.32. The third-order valence-electron chi connectivity index (χ3n) is 3.18. The maximum absolute atomic E-state index is 13.8. The molecule has 0 heterocycles. The lowest BCUT2D eigenvalue weighted by Gasteiger charge is -2.22. The minimum absolute atomic E-state index is 0.302. The molecule has 0 aliphatic rings. The predicted molar refractivity (Wildman–Crippen MR) is 76.6 cm³/mol. The van der Waals surface area contributed by atoms with Crippen molar-refractivity contribution >= 4 is 23.2 Å². The molecule has 0 aliphatic heterocycles. The van der Waals surface area contributed by atoms with Gasteiger partial charge in [-0.05, 0) is 24.3 Å². The Labute approximate surface area is 133 Å². The Morgan fingerprint density at radius 2 is 0.955 bits per heavy atom. The normalized spacial score (nSPS) is 14.0. The molecule has 0 aliphatic carbocycles. The molecule has 0 amide bonds. The van der Waals surface area contributed by atoms with E-state index < -0.39 is 45.4 Å². The first-order valence-electron chi connectivity index (χ1n) is 6.02. The van der Waals surface area contributed by atoms with Crippen LogP contribution in [0.5, 0.6) is 0 Å². The number of benzene rings is 2. The Bertz CT molecular complexity index is 663. The molecule has 0 aromatic heterocycles. The summed E-state index contributed by atoms with van der Waals surface area (Å²) in [4.78, 5) is 0. The maximum atomic E-state index is 13.8. The molecule has 0 spiro atoms. The van der Waals surface area contributed by atoms with E-state index in [0.29, 0.717) is 0 Å². The second kappa shape index (κ2) is 6.42. The Morgan fingerprint density at radius 3 is 1.27 bits per heavy atom. The van der Waals surface area contributed by atoms with Crippen molar-refractivity contribution in [3.05, 3.63) is 68.7 Å². The molecule has 0 radical (unpaired) electrons. The lowest BCUT2D eigenvalue weighted by Crippen LogP contribution is -2.28. The number of rotatable bonds is 3. The van der Waals surface area contributed by atoms with E-state index in [-0.39, 0.29) is 11.1 Å². The maximum Gasteiger partial charge on any atom is 0.142 e. The summed E-state index contributed by atoms with van der Waals surface area (Å²) in [7, 11) is 0. The summed E-state index contributed by atoms with van der Waals surface area (Å²) >= 11 is 10.9. The smallest absolute Gasteiger partial charge is 0.142 e. The van der Waals surface area contributed by atoms with Crippen LogP contribution in [0.15, 0.2) is 24.3 Å². The van der Waals surface area contributed by atoms with E-state index in [1.165, 1.54) is 0 Å². The Kier molecular flexibility index (Phi) is 4.97. The first kappa shape index (κ1) is 17.0. The van der Waals surface area contributed by atoms with Crippen molar-refractivity contribution in [1.82, 2.24) is 0 Å². The van der Waals surface area contributed by atoms with Gasteiger partial charge in [-0.15, -0.1) is 0 Å². The van der Waals surface area contributed by atoms with Crippen molar-refractivity contribution in [2.24, 2.45) is 11.5 Å². The van der Waals surface area contributed by atoms with E-state index in [9.17, 15) is 17.6 Å². The van der Waals surface area contributed by atoms with Crippen LogP contribution in [-0.4, -0.2) is 0 Å². The second-order valence-corrected chi connectivity index (χ2v) is 5.44. The fourth-order valence-electron chi connectivity index (χ4n) is 1.97. The summed E-state index contributed by atoms with van der Waals surface area (Å²) < 4.78 is 54.5. The van der Waals surface area contributed by atoms with Crippen LogP contribution in [-0.2, 0) is 0 Å². The quantitative estimate of drug-likeness (QED) is 0.640. The summed E-state index contributed by atoms with van der Waals surface area (Å²) in [5.74, 6) is -3.60. The van der Waals surface area contributed by atoms with Gasteiger partial charge in [0.25, 0.3) is 0 Å². The van der Waals surface area contributed by atoms with E-state index in [2.05, 4.69) is 0 Å². The molecule has 2 nitrogen and oxygen atoms in total. The third-order valence-corrected chi connectivity index (χ3v) is 3.76. The Morgan fingerprint density at radius 1 is 0.636 bits per heavy atom. The monoisotopic (exact) mass is 352 g/mol. The molecule has 118 valence electrons. The van der Waals surface area contributed by atoms with Gasteiger partial charge in [0.2, 0.25) is 0 Å². The van der Waals surface area contributed by atoms with Gasteiger partial charge >= 0.3 is 0 Å². The molecule has 0 saturated carbocycles. The average Bonchev–Trinajstić information content (AvgIpc) is 2.45. The lowest BCUT2D eigenvalue weighted by atomic mass is 9.94. The fraction of sp³-hybridized carbons (Fsp3) is 0.143. The molecule has 2 atom stereocenters. The summed E-state index contributed by atoms with van der Waals surface area (Å²) in [5, 5.41) is -0.850. The van der Waals surface area contributed by atoms with Crippen LogP contribution in [0.1, 0.15) is 23.2 Å². The highest BCUT2D eigenvalue weighted by molar-refractivity contribution is 6.31. The lowest BCUT2D eigenvalue weighted by molar-refractivity contribution is 0.492. The first-order valence-corrected chi connectivity index (χ1v) is 6.78. The molecular formula is C14H10Cl2F4N2. The van der Waals surface area contributed by atoms with Crippen molar-refractivity contribution in [2.75, 3.05) is 0 Å². The Balaban J connectivity index is 2.43. The number of hydrogen-bond acceptors (Lipinski definition) is 2. The largest absolute Gasteiger partial charge is 0.322 e. The van der Waals surface area contributed by atoms with Gasteiger partial charge in [-0.3, -0.25) is 0 Å². The van der Waals surface area contributed by atoms with Crippen molar-refractivity contribution in [2.45, 2.75) is 12.1 Å². The topological polar surface area (TPSA) is 52.0 Å². The average molecular weight is 353 g/mol. The predicted octanol–water partition coefficient (Wildman–Crippen LogP) is 4.25. The minimum Gasteiger partial charge on any atom is -0.322 e. The molecule has 22 heavy (non-hydrogen) atoms. The van der Waals surface area contributed by atoms with Crippen LogP contribution < -0.4 is 11.5 Å². The van der Waals surface area contributed by atoms with Gasteiger partial charge in [0.15, 0.2) is 0 Å². The van der Waals surface area contributed by atoms with Gasteiger partial charge in [0.05, 0.1) is 22.1 Å². The summed E-state index contributed by atoms with van der Waals surface area (Å²) in [6.45, 7) is 0. The zero-order valence-electron chi connectivity index (χ0n) is 10.9. The van der Waals surface area contributed by atoms with Gasteiger partial charge in [-0.1, -0.05) is 23.2 Å². The zero-order chi connectivity index (χ0) is 16.6. The van der Waals surface area contributed by atoms with Gasteiger partial charge in [0, 0.05) is 11.1 Å². The van der Waals surface area contributed by atoms with Crippen LogP contribution >= 0.6 is 23.2 Å². The van der Waals surface area contributed by atoms with Gasteiger partial charge in [-0.25, -0.2) is 17.6 Å². The van der Waals surface area contributed by atoms with E-state index in [1.54, 1.807) is 0 Å². The van der Waals surface area contributed by atoms with Crippen LogP contribution in [0, 0.1) is 23.3 Å². The van der Waals surface area contributed by atoms with Gasteiger partial charge in [-0.2, -0.15) is 0 Å². The molecule has 2 unspecified atom stereocenters. The van der Waals surface area contributed by atoms with Gasteiger partial charge in [0.1, 0.15) is 23.3 Å². The van der Waals surface area contributed by atoms with E-state index in [0.717, 1.165) is 24.3 Å². The first-order chi connectivity index (χ1) is 10.2. The van der Waals surface area contributed by atoms with E-state index in [1.807, 2.05) is 0 Å². The van der Waals surface area contributed by atoms with Crippen molar-refractivity contribution in [3.8, 4) is 0 Å².